The molecule has 0 fully saturated rings. The Hall–Kier alpha value is -3.78. The molecule has 0 aliphatic rings. The monoisotopic (exact) mass is 434 g/mol. The van der Waals surface area contributed by atoms with Crippen LogP contribution in [0.5, 0.6) is 0 Å². The second-order valence-corrected chi connectivity index (χ2v) is 7.62. The number of hydrogen-bond acceptors (Lipinski definition) is 5. The molecule has 0 radical (unpaired) electrons. The molecule has 5 N–H and O–H groups in total. The lowest BCUT2D eigenvalue weighted by molar-refractivity contribution is -0.133. The highest BCUT2D eigenvalue weighted by atomic mass is 16.3. The summed E-state index contributed by atoms with van der Waals surface area (Å²) in [5.74, 6) is -2.10. The van der Waals surface area contributed by atoms with Gasteiger partial charge in [0.1, 0.15) is 17.5 Å². The second kappa shape index (κ2) is 10.0. The van der Waals surface area contributed by atoms with Gasteiger partial charge in [-0.25, -0.2) is 4.98 Å². The molecular weight excluding hydrogens is 408 g/mol. The van der Waals surface area contributed by atoms with E-state index in [-0.39, 0.29) is 18.5 Å². The van der Waals surface area contributed by atoms with Crippen LogP contribution in [0.2, 0.25) is 0 Å². The first-order valence-corrected chi connectivity index (χ1v) is 10.3. The van der Waals surface area contributed by atoms with Crippen LogP contribution in [-0.4, -0.2) is 39.6 Å². The van der Waals surface area contributed by atoms with Gasteiger partial charge in [0.05, 0.1) is 11.9 Å². The fourth-order valence-corrected chi connectivity index (χ4v) is 3.34. The molecule has 0 aliphatic carbocycles. The molecule has 8 nitrogen and oxygen atoms in total. The molecule has 2 atom stereocenters. The molecule has 1 aromatic heterocycles. The number of carbonyl (C=O) groups excluding carboxylic acids is 3. The minimum absolute atomic E-state index is 0.0982. The maximum Gasteiger partial charge on any atom is 0.270 e. The minimum Gasteiger partial charge on any atom is -0.371 e. The number of hydrogen-bond donors (Lipinski definition) is 4. The van der Waals surface area contributed by atoms with Crippen molar-refractivity contribution in [3.8, 4) is 0 Å². The molecule has 0 bridgehead atoms. The van der Waals surface area contributed by atoms with Crippen molar-refractivity contribution in [2.45, 2.75) is 38.0 Å². The van der Waals surface area contributed by atoms with Gasteiger partial charge in [-0.1, -0.05) is 61.5 Å². The number of aliphatic hydroxyl groups is 1. The summed E-state index contributed by atoms with van der Waals surface area (Å²) in [6.07, 6.45) is -0.0348. The van der Waals surface area contributed by atoms with E-state index in [4.69, 9.17) is 5.73 Å². The molecule has 3 amide bonds. The fourth-order valence-electron chi connectivity index (χ4n) is 3.34. The maximum absolute atomic E-state index is 12.9. The lowest BCUT2D eigenvalue weighted by atomic mass is 9.99. The maximum atomic E-state index is 12.9. The van der Waals surface area contributed by atoms with Crippen LogP contribution in [0.3, 0.4) is 0 Å². The molecular formula is C24H26N4O4. The average molecular weight is 434 g/mol. The van der Waals surface area contributed by atoms with E-state index in [2.05, 4.69) is 15.6 Å². The zero-order valence-corrected chi connectivity index (χ0v) is 17.7. The number of fused-ring (bicyclic) bond motifs is 1. The number of benzene rings is 2. The number of amides is 3. The van der Waals surface area contributed by atoms with E-state index < -0.39 is 35.9 Å². The second-order valence-electron chi connectivity index (χ2n) is 7.62. The van der Waals surface area contributed by atoms with Gasteiger partial charge in [-0.3, -0.25) is 14.4 Å². The molecule has 0 saturated heterocycles. The molecule has 2 unspecified atom stereocenters. The van der Waals surface area contributed by atoms with Crippen LogP contribution >= 0.6 is 0 Å². The number of nitrogens with zero attached hydrogens (tertiary/aromatic N) is 1. The summed E-state index contributed by atoms with van der Waals surface area (Å²) in [6.45, 7) is 1.73. The zero-order chi connectivity index (χ0) is 23.1. The number of pyridine rings is 1. The van der Waals surface area contributed by atoms with Gasteiger partial charge in [-0.2, -0.15) is 0 Å². The van der Waals surface area contributed by atoms with E-state index >= 15 is 0 Å². The summed E-state index contributed by atoms with van der Waals surface area (Å²) < 4.78 is 0. The van der Waals surface area contributed by atoms with Crippen molar-refractivity contribution < 1.29 is 19.5 Å². The quantitative estimate of drug-likeness (QED) is 0.380. The van der Waals surface area contributed by atoms with Crippen LogP contribution in [0, 0.1) is 0 Å². The van der Waals surface area contributed by atoms with Gasteiger partial charge in [-0.05, 0) is 24.1 Å². The Morgan fingerprint density at radius 3 is 2.41 bits per heavy atom. The van der Waals surface area contributed by atoms with E-state index in [0.717, 1.165) is 10.9 Å². The van der Waals surface area contributed by atoms with Crippen LogP contribution in [0.4, 0.5) is 0 Å². The Morgan fingerprint density at radius 2 is 1.72 bits per heavy atom. The third-order valence-corrected chi connectivity index (χ3v) is 5.14. The molecule has 1 heterocycles. The van der Waals surface area contributed by atoms with Crippen molar-refractivity contribution in [1.82, 2.24) is 15.6 Å². The first-order valence-electron chi connectivity index (χ1n) is 10.3. The van der Waals surface area contributed by atoms with E-state index in [0.29, 0.717) is 5.52 Å². The number of rotatable bonds is 9. The SMILES string of the molecule is CCC(O)(Cc1ccccc1)NC(=O)C(CC(N)=O)NC(=O)c1ccc2ccccc2n1. The van der Waals surface area contributed by atoms with Crippen molar-refractivity contribution in [2.75, 3.05) is 0 Å². The summed E-state index contributed by atoms with van der Waals surface area (Å²) in [5.41, 5.74) is 5.29. The first-order chi connectivity index (χ1) is 15.3. The van der Waals surface area contributed by atoms with E-state index in [9.17, 15) is 19.5 Å². The number of primary amides is 1. The smallest absolute Gasteiger partial charge is 0.270 e. The van der Waals surface area contributed by atoms with Crippen LogP contribution in [0.1, 0.15) is 35.8 Å². The topological polar surface area (TPSA) is 134 Å². The van der Waals surface area contributed by atoms with Crippen molar-refractivity contribution in [3.05, 3.63) is 78.0 Å². The molecule has 8 heteroatoms. The summed E-state index contributed by atoms with van der Waals surface area (Å²) in [6, 6.07) is 18.5. The third kappa shape index (κ3) is 5.89. The standard InChI is InChI=1S/C24H26N4O4/c1-2-24(32,15-16-8-4-3-5-9-16)28-23(31)20(14-21(25)29)27-22(30)19-13-12-17-10-6-7-11-18(17)26-19/h3-13,20,32H,2,14-15H2,1H3,(H2,25,29)(H,27,30)(H,28,31). The molecule has 32 heavy (non-hydrogen) atoms. The predicted octanol–water partition coefficient (Wildman–Crippen LogP) is 1.67. The van der Waals surface area contributed by atoms with Gasteiger partial charge >= 0.3 is 0 Å². The minimum atomic E-state index is -1.56. The van der Waals surface area contributed by atoms with Gasteiger partial charge in [-0.15, -0.1) is 0 Å². The van der Waals surface area contributed by atoms with Gasteiger partial charge in [0.2, 0.25) is 11.8 Å². The van der Waals surface area contributed by atoms with Crippen molar-refractivity contribution in [3.63, 3.8) is 0 Å². The highest BCUT2D eigenvalue weighted by Crippen LogP contribution is 2.16. The van der Waals surface area contributed by atoms with E-state index in [1.54, 1.807) is 25.1 Å². The van der Waals surface area contributed by atoms with Gasteiger partial charge in [0, 0.05) is 11.8 Å². The van der Waals surface area contributed by atoms with Crippen molar-refractivity contribution in [1.29, 1.82) is 0 Å². The summed E-state index contributed by atoms with van der Waals surface area (Å²) >= 11 is 0. The summed E-state index contributed by atoms with van der Waals surface area (Å²) in [5, 5.41) is 16.9. The Balaban J connectivity index is 1.75. The number of carbonyl (C=O) groups is 3. The van der Waals surface area contributed by atoms with Crippen LogP contribution in [0.25, 0.3) is 10.9 Å². The largest absolute Gasteiger partial charge is 0.371 e. The highest BCUT2D eigenvalue weighted by Gasteiger charge is 2.32. The van der Waals surface area contributed by atoms with Gasteiger partial charge in [0.15, 0.2) is 0 Å². The number of nitrogens with one attached hydrogen (secondary N) is 2. The van der Waals surface area contributed by atoms with Gasteiger partial charge in [0.25, 0.3) is 5.91 Å². The Kier molecular flexibility index (Phi) is 7.17. The predicted molar refractivity (Wildman–Crippen MR) is 120 cm³/mol. The number of para-hydroxylation sites is 1. The van der Waals surface area contributed by atoms with Gasteiger partial charge < -0.3 is 21.5 Å². The molecule has 0 saturated carbocycles. The lowest BCUT2D eigenvalue weighted by Crippen LogP contribution is -2.57. The molecule has 166 valence electrons. The zero-order valence-electron chi connectivity index (χ0n) is 17.7. The van der Waals surface area contributed by atoms with E-state index in [1.807, 2.05) is 42.5 Å². The Bertz CT molecular complexity index is 1120. The Morgan fingerprint density at radius 1 is 1.03 bits per heavy atom. The number of nitrogens with two attached hydrogens (primary N) is 1. The molecule has 3 rings (SSSR count). The average Bonchev–Trinajstić information content (AvgIpc) is 2.78. The normalized spacial score (nSPS) is 13.7. The van der Waals surface area contributed by atoms with Crippen LogP contribution in [0.15, 0.2) is 66.7 Å². The fraction of sp³-hybridized carbons (Fsp3) is 0.250. The third-order valence-electron chi connectivity index (χ3n) is 5.14. The molecule has 0 aliphatic heterocycles. The van der Waals surface area contributed by atoms with Crippen molar-refractivity contribution >= 4 is 28.6 Å². The molecule has 3 aromatic rings. The van der Waals surface area contributed by atoms with E-state index in [1.165, 1.54) is 6.07 Å². The summed E-state index contributed by atoms with van der Waals surface area (Å²) in [4.78, 5) is 41.5. The van der Waals surface area contributed by atoms with Crippen molar-refractivity contribution in [2.24, 2.45) is 5.73 Å². The summed E-state index contributed by atoms with van der Waals surface area (Å²) in [7, 11) is 0. The highest BCUT2D eigenvalue weighted by molar-refractivity contribution is 5.99. The Labute approximate surface area is 185 Å². The molecule has 0 spiro atoms. The van der Waals surface area contributed by atoms with Crippen LogP contribution < -0.4 is 16.4 Å². The lowest BCUT2D eigenvalue weighted by Gasteiger charge is -2.30. The number of aromatic nitrogens is 1. The molecule has 2 aromatic carbocycles. The van der Waals surface area contributed by atoms with Crippen LogP contribution in [-0.2, 0) is 16.0 Å². The first kappa shape index (κ1) is 22.9.